The Labute approximate surface area is 180 Å². The quantitative estimate of drug-likeness (QED) is 0.465. The zero-order valence-electron chi connectivity index (χ0n) is 16.5. The van der Waals surface area contributed by atoms with Gasteiger partial charge in [0.2, 0.25) is 5.91 Å². The molecule has 0 bridgehead atoms. The Balaban J connectivity index is 1.47. The van der Waals surface area contributed by atoms with Gasteiger partial charge in [-0.1, -0.05) is 66.2 Å². The number of hydrogen-bond acceptors (Lipinski definition) is 2. The van der Waals surface area contributed by atoms with Gasteiger partial charge < -0.3 is 9.30 Å². The van der Waals surface area contributed by atoms with Crippen molar-refractivity contribution in [1.82, 2.24) is 14.3 Å². The molecule has 2 aromatic heterocycles. The molecular formula is C25H22ClN3O. The summed E-state index contributed by atoms with van der Waals surface area (Å²) in [7, 11) is 0. The van der Waals surface area contributed by atoms with Gasteiger partial charge >= 0.3 is 0 Å². The number of carbonyl (C=O) groups is 1. The Bertz CT molecular complexity index is 1200. The van der Waals surface area contributed by atoms with E-state index in [0.717, 1.165) is 29.9 Å². The highest BCUT2D eigenvalue weighted by Crippen LogP contribution is 2.31. The van der Waals surface area contributed by atoms with Gasteiger partial charge in [0, 0.05) is 37.8 Å². The number of pyridine rings is 1. The first-order chi connectivity index (χ1) is 14.7. The van der Waals surface area contributed by atoms with Gasteiger partial charge in [-0.2, -0.15) is 0 Å². The van der Waals surface area contributed by atoms with Crippen LogP contribution >= 0.6 is 11.6 Å². The predicted octanol–water partition coefficient (Wildman–Crippen LogP) is 5.09. The first-order valence-electron chi connectivity index (χ1n) is 10.2. The number of amides is 1. The highest BCUT2D eigenvalue weighted by Gasteiger charge is 2.26. The summed E-state index contributed by atoms with van der Waals surface area (Å²) >= 11 is 6.25. The number of halogens is 1. The van der Waals surface area contributed by atoms with Crippen molar-refractivity contribution >= 4 is 23.2 Å². The average Bonchev–Trinajstić information content (AvgIpc) is 3.20. The smallest absolute Gasteiger partial charge is 0.223 e. The van der Waals surface area contributed by atoms with Crippen LogP contribution in [0.25, 0.3) is 5.65 Å². The van der Waals surface area contributed by atoms with Crippen LogP contribution in [0.4, 0.5) is 0 Å². The Morgan fingerprint density at radius 2 is 1.77 bits per heavy atom. The molecule has 30 heavy (non-hydrogen) atoms. The molecule has 0 N–H and O–H groups in total. The molecule has 1 unspecified atom stereocenters. The standard InChI is InChI=1S/C25H22ClN3O/c26-21-10-11-24-27-15-23(29(24)17-21)22(19-7-2-1-3-8-19)14-25(30)28-13-12-18-6-4-5-9-20(18)16-28/h1-11,15,17,22H,12-14,16H2. The molecule has 150 valence electrons. The summed E-state index contributed by atoms with van der Waals surface area (Å²) in [5, 5.41) is 0.646. The van der Waals surface area contributed by atoms with Gasteiger partial charge in [0.25, 0.3) is 0 Å². The first-order valence-corrected chi connectivity index (χ1v) is 10.6. The van der Waals surface area contributed by atoms with Crippen molar-refractivity contribution in [3.63, 3.8) is 0 Å². The topological polar surface area (TPSA) is 37.6 Å². The maximum atomic E-state index is 13.4. The summed E-state index contributed by atoms with van der Waals surface area (Å²) in [6.07, 6.45) is 5.04. The van der Waals surface area contributed by atoms with E-state index in [2.05, 4.69) is 35.3 Å². The number of nitrogens with zero attached hydrogens (tertiary/aromatic N) is 3. The Morgan fingerprint density at radius 3 is 2.60 bits per heavy atom. The fraction of sp³-hybridized carbons (Fsp3) is 0.200. The van der Waals surface area contributed by atoms with E-state index in [9.17, 15) is 4.79 Å². The minimum atomic E-state index is -0.0932. The van der Waals surface area contributed by atoms with Crippen molar-refractivity contribution in [3.8, 4) is 0 Å². The lowest BCUT2D eigenvalue weighted by molar-refractivity contribution is -0.132. The van der Waals surface area contributed by atoms with Gasteiger partial charge in [-0.3, -0.25) is 4.79 Å². The molecule has 1 amide bonds. The summed E-state index contributed by atoms with van der Waals surface area (Å²) in [4.78, 5) is 19.9. The largest absolute Gasteiger partial charge is 0.338 e. The molecule has 1 atom stereocenters. The molecule has 5 heteroatoms. The molecule has 3 heterocycles. The van der Waals surface area contributed by atoms with Gasteiger partial charge in [0.15, 0.2) is 0 Å². The van der Waals surface area contributed by atoms with Crippen LogP contribution < -0.4 is 0 Å². The lowest BCUT2D eigenvalue weighted by Crippen LogP contribution is -2.36. The molecule has 0 spiro atoms. The molecule has 1 aliphatic heterocycles. The van der Waals surface area contributed by atoms with E-state index in [1.54, 1.807) is 0 Å². The molecule has 0 saturated heterocycles. The van der Waals surface area contributed by atoms with Crippen LogP contribution in [0.1, 0.15) is 34.7 Å². The second-order valence-corrected chi connectivity index (χ2v) is 8.20. The molecule has 0 saturated carbocycles. The van der Waals surface area contributed by atoms with Crippen molar-refractivity contribution in [3.05, 3.63) is 107 Å². The molecular weight excluding hydrogens is 394 g/mol. The number of hydrogen-bond donors (Lipinski definition) is 0. The van der Waals surface area contributed by atoms with Crippen molar-refractivity contribution < 1.29 is 4.79 Å². The Kier molecular flexibility index (Phi) is 5.01. The van der Waals surface area contributed by atoms with Crippen LogP contribution in [0, 0.1) is 0 Å². The van der Waals surface area contributed by atoms with Gasteiger partial charge in [-0.05, 0) is 35.2 Å². The van der Waals surface area contributed by atoms with Gasteiger partial charge in [-0.15, -0.1) is 0 Å². The van der Waals surface area contributed by atoms with Crippen molar-refractivity contribution in [1.29, 1.82) is 0 Å². The number of benzene rings is 2. The van der Waals surface area contributed by atoms with E-state index in [-0.39, 0.29) is 11.8 Å². The summed E-state index contributed by atoms with van der Waals surface area (Å²) in [6.45, 7) is 1.44. The van der Waals surface area contributed by atoms with E-state index in [0.29, 0.717) is 18.0 Å². The molecule has 4 nitrogen and oxygen atoms in total. The van der Waals surface area contributed by atoms with Crippen LogP contribution in [0.5, 0.6) is 0 Å². The van der Waals surface area contributed by atoms with E-state index in [4.69, 9.17) is 11.6 Å². The minimum absolute atomic E-state index is 0.0932. The third-order valence-electron chi connectivity index (χ3n) is 5.92. The maximum Gasteiger partial charge on any atom is 0.223 e. The zero-order chi connectivity index (χ0) is 20.5. The molecule has 0 aliphatic carbocycles. The summed E-state index contributed by atoms with van der Waals surface area (Å²) in [6, 6.07) is 22.3. The lowest BCUT2D eigenvalue weighted by atomic mass is 9.91. The predicted molar refractivity (Wildman–Crippen MR) is 119 cm³/mol. The summed E-state index contributed by atoms with van der Waals surface area (Å²) in [5.41, 5.74) is 5.50. The third-order valence-corrected chi connectivity index (χ3v) is 6.14. The fourth-order valence-corrected chi connectivity index (χ4v) is 4.48. The molecule has 1 aliphatic rings. The normalized spacial score (nSPS) is 14.5. The van der Waals surface area contributed by atoms with E-state index >= 15 is 0 Å². The van der Waals surface area contributed by atoms with Gasteiger partial charge in [0.05, 0.1) is 10.7 Å². The number of rotatable bonds is 4. The Morgan fingerprint density at radius 1 is 1.00 bits per heavy atom. The second-order valence-electron chi connectivity index (χ2n) is 7.76. The summed E-state index contributed by atoms with van der Waals surface area (Å²) in [5.74, 6) is 0.0691. The van der Waals surface area contributed by atoms with Crippen molar-refractivity contribution in [2.24, 2.45) is 0 Å². The average molecular weight is 416 g/mol. The van der Waals surface area contributed by atoms with Crippen LogP contribution in [-0.4, -0.2) is 26.7 Å². The molecule has 0 fully saturated rings. The van der Waals surface area contributed by atoms with Gasteiger partial charge in [-0.25, -0.2) is 4.98 Å². The van der Waals surface area contributed by atoms with E-state index in [1.165, 1.54) is 11.1 Å². The molecule has 2 aromatic carbocycles. The monoisotopic (exact) mass is 415 g/mol. The van der Waals surface area contributed by atoms with E-state index in [1.807, 2.05) is 58.1 Å². The number of imidazole rings is 1. The number of aromatic nitrogens is 2. The van der Waals surface area contributed by atoms with Crippen LogP contribution in [0.3, 0.4) is 0 Å². The molecule has 5 rings (SSSR count). The molecule has 4 aromatic rings. The first kappa shape index (κ1) is 18.9. The third kappa shape index (κ3) is 3.59. The van der Waals surface area contributed by atoms with Crippen LogP contribution in [0.15, 0.2) is 79.1 Å². The number of carbonyl (C=O) groups excluding carboxylic acids is 1. The second kappa shape index (κ2) is 7.96. The number of fused-ring (bicyclic) bond motifs is 2. The van der Waals surface area contributed by atoms with Crippen molar-refractivity contribution in [2.75, 3.05) is 6.54 Å². The highest BCUT2D eigenvalue weighted by molar-refractivity contribution is 6.30. The van der Waals surface area contributed by atoms with Crippen molar-refractivity contribution in [2.45, 2.75) is 25.3 Å². The van der Waals surface area contributed by atoms with Crippen LogP contribution in [0.2, 0.25) is 5.02 Å². The van der Waals surface area contributed by atoms with Crippen LogP contribution in [-0.2, 0) is 17.8 Å². The van der Waals surface area contributed by atoms with E-state index < -0.39 is 0 Å². The zero-order valence-corrected chi connectivity index (χ0v) is 17.3. The Hall–Kier alpha value is -3.11. The SMILES string of the molecule is O=C(CC(c1ccccc1)c1cnc2ccc(Cl)cn12)N1CCc2ccccc2C1. The lowest BCUT2D eigenvalue weighted by Gasteiger charge is -2.30. The minimum Gasteiger partial charge on any atom is -0.338 e. The summed E-state index contributed by atoms with van der Waals surface area (Å²) < 4.78 is 2.00. The highest BCUT2D eigenvalue weighted by atomic mass is 35.5. The maximum absolute atomic E-state index is 13.4. The molecule has 0 radical (unpaired) electrons. The fourth-order valence-electron chi connectivity index (χ4n) is 4.32. The van der Waals surface area contributed by atoms with Gasteiger partial charge in [0.1, 0.15) is 5.65 Å².